The maximum atomic E-state index is 12.7. The number of carboxylic acids is 1. The number of benzene rings is 1. The first-order chi connectivity index (χ1) is 14.8. The van der Waals surface area contributed by atoms with Crippen LogP contribution in [-0.2, 0) is 11.2 Å². The van der Waals surface area contributed by atoms with Crippen LogP contribution < -0.4 is 14.9 Å². The first-order valence-electron chi connectivity index (χ1n) is 10.7. The second-order valence-corrected chi connectivity index (χ2v) is 9.47. The summed E-state index contributed by atoms with van der Waals surface area (Å²) in [5.41, 5.74) is 3.32. The molecule has 0 bridgehead atoms. The minimum Gasteiger partial charge on any atom is -0.493 e. The summed E-state index contributed by atoms with van der Waals surface area (Å²) in [6.07, 6.45) is 4.19. The fourth-order valence-corrected chi connectivity index (χ4v) is 5.95. The number of aromatic carboxylic acids is 1. The Morgan fingerprint density at radius 1 is 1.32 bits per heavy atom. The molecule has 3 unspecified atom stereocenters. The normalized spacial score (nSPS) is 24.6. The van der Waals surface area contributed by atoms with Gasteiger partial charge in [-0.3, -0.25) is 4.79 Å². The SMILES string of the molecule is COCC1Cc2c(c(OC)cc3c2C2CCC(C)(C)C2n2cc(C(=O)O)c(=O)cc2-3)O1. The summed E-state index contributed by atoms with van der Waals surface area (Å²) in [4.78, 5) is 24.4. The molecular formula is C24H27NO6. The smallest absolute Gasteiger partial charge is 0.341 e. The first kappa shape index (κ1) is 20.1. The number of methoxy groups -OCH3 is 2. The minimum atomic E-state index is -1.19. The number of hydrogen-bond donors (Lipinski definition) is 1. The lowest BCUT2D eigenvalue weighted by molar-refractivity contribution is 0.0693. The molecular weight excluding hydrogens is 398 g/mol. The summed E-state index contributed by atoms with van der Waals surface area (Å²) in [5, 5.41) is 9.56. The van der Waals surface area contributed by atoms with Gasteiger partial charge in [-0.25, -0.2) is 4.79 Å². The van der Waals surface area contributed by atoms with Gasteiger partial charge in [-0.15, -0.1) is 0 Å². The lowest BCUT2D eigenvalue weighted by Crippen LogP contribution is -2.32. The topological polar surface area (TPSA) is 87.0 Å². The van der Waals surface area contributed by atoms with E-state index < -0.39 is 11.4 Å². The predicted octanol–water partition coefficient (Wildman–Crippen LogP) is 3.63. The van der Waals surface area contributed by atoms with Crippen LogP contribution in [0.15, 0.2) is 23.1 Å². The Balaban J connectivity index is 1.81. The monoisotopic (exact) mass is 425 g/mol. The molecule has 0 saturated heterocycles. The van der Waals surface area contributed by atoms with Crippen LogP contribution in [0.5, 0.6) is 11.5 Å². The van der Waals surface area contributed by atoms with Gasteiger partial charge in [-0.2, -0.15) is 0 Å². The number of pyridine rings is 1. The molecule has 0 amide bonds. The van der Waals surface area contributed by atoms with Crippen molar-refractivity contribution in [1.29, 1.82) is 0 Å². The third-order valence-electron chi connectivity index (χ3n) is 7.22. The third-order valence-corrected chi connectivity index (χ3v) is 7.22. The first-order valence-corrected chi connectivity index (χ1v) is 10.7. The van der Waals surface area contributed by atoms with E-state index >= 15 is 0 Å². The van der Waals surface area contributed by atoms with Crippen LogP contribution in [0.4, 0.5) is 0 Å². The van der Waals surface area contributed by atoms with E-state index in [1.54, 1.807) is 14.2 Å². The van der Waals surface area contributed by atoms with Crippen LogP contribution in [0.3, 0.4) is 0 Å². The summed E-state index contributed by atoms with van der Waals surface area (Å²) < 4.78 is 19.2. The number of ether oxygens (including phenoxy) is 3. The van der Waals surface area contributed by atoms with E-state index in [2.05, 4.69) is 13.8 Å². The Kier molecular flexibility index (Phi) is 4.45. The number of carbonyl (C=O) groups is 1. The molecule has 1 N–H and O–H groups in total. The maximum absolute atomic E-state index is 12.7. The molecule has 0 spiro atoms. The van der Waals surface area contributed by atoms with Gasteiger partial charge in [-0.1, -0.05) is 13.8 Å². The number of rotatable bonds is 4. The second-order valence-electron chi connectivity index (χ2n) is 9.47. The van der Waals surface area contributed by atoms with Gasteiger partial charge in [0.25, 0.3) is 0 Å². The number of fused-ring (bicyclic) bond motifs is 8. The third kappa shape index (κ3) is 2.82. The molecule has 2 aliphatic heterocycles. The number of carboxylic acid groups (broad SMARTS) is 1. The van der Waals surface area contributed by atoms with Gasteiger partial charge >= 0.3 is 5.97 Å². The zero-order chi connectivity index (χ0) is 22.1. The molecule has 3 heterocycles. The van der Waals surface area contributed by atoms with Gasteiger partial charge in [-0.05, 0) is 29.9 Å². The fraction of sp³-hybridized carbons (Fsp3) is 0.500. The van der Waals surface area contributed by atoms with E-state index in [1.165, 1.54) is 17.8 Å². The van der Waals surface area contributed by atoms with Crippen molar-refractivity contribution in [2.45, 2.75) is 51.2 Å². The van der Waals surface area contributed by atoms with Crippen LogP contribution in [0.1, 0.15) is 60.1 Å². The maximum Gasteiger partial charge on any atom is 0.341 e. The Labute approximate surface area is 180 Å². The molecule has 2 aromatic rings. The van der Waals surface area contributed by atoms with Crippen LogP contribution in [0.25, 0.3) is 11.3 Å². The van der Waals surface area contributed by atoms with Gasteiger partial charge in [0.1, 0.15) is 11.7 Å². The molecule has 3 aliphatic rings. The quantitative estimate of drug-likeness (QED) is 0.805. The van der Waals surface area contributed by atoms with Gasteiger partial charge in [0, 0.05) is 48.9 Å². The Morgan fingerprint density at radius 3 is 2.77 bits per heavy atom. The van der Waals surface area contributed by atoms with Gasteiger partial charge in [0.05, 0.1) is 19.4 Å². The van der Waals surface area contributed by atoms with E-state index in [0.717, 1.165) is 41.8 Å². The van der Waals surface area contributed by atoms with Crippen LogP contribution in [0, 0.1) is 5.41 Å². The second kappa shape index (κ2) is 6.85. The lowest BCUT2D eigenvalue weighted by Gasteiger charge is -2.40. The van der Waals surface area contributed by atoms with Crippen molar-refractivity contribution in [3.05, 3.63) is 45.2 Å². The summed E-state index contributed by atoms with van der Waals surface area (Å²) in [5.74, 6) is 0.418. The Bertz CT molecular complexity index is 1150. The van der Waals surface area contributed by atoms with Gasteiger partial charge in [0.2, 0.25) is 0 Å². The zero-order valence-corrected chi connectivity index (χ0v) is 18.2. The van der Waals surface area contributed by atoms with E-state index in [0.29, 0.717) is 12.4 Å². The molecule has 7 nitrogen and oxygen atoms in total. The van der Waals surface area contributed by atoms with E-state index in [1.807, 2.05) is 10.6 Å². The van der Waals surface area contributed by atoms with Crippen molar-refractivity contribution in [3.63, 3.8) is 0 Å². The Morgan fingerprint density at radius 2 is 2.10 bits per heavy atom. The summed E-state index contributed by atoms with van der Waals surface area (Å²) in [7, 11) is 3.27. The van der Waals surface area contributed by atoms with Crippen LogP contribution >= 0.6 is 0 Å². The molecule has 5 rings (SSSR count). The number of hydrogen-bond acceptors (Lipinski definition) is 5. The van der Waals surface area contributed by atoms with Crippen molar-refractivity contribution >= 4 is 5.97 Å². The summed E-state index contributed by atoms with van der Waals surface area (Å²) in [6.45, 7) is 4.93. The number of aromatic nitrogens is 1. The van der Waals surface area contributed by atoms with Crippen molar-refractivity contribution in [3.8, 4) is 22.8 Å². The molecule has 1 aromatic carbocycles. The van der Waals surface area contributed by atoms with E-state index in [9.17, 15) is 14.7 Å². The minimum absolute atomic E-state index is 0.0415. The van der Waals surface area contributed by atoms with E-state index in [-0.39, 0.29) is 29.0 Å². The summed E-state index contributed by atoms with van der Waals surface area (Å²) >= 11 is 0. The van der Waals surface area contributed by atoms with Crippen molar-refractivity contribution in [2.24, 2.45) is 5.41 Å². The van der Waals surface area contributed by atoms with Crippen LogP contribution in [-0.4, -0.2) is 42.6 Å². The average Bonchev–Trinajstić information content (AvgIpc) is 3.27. The molecule has 164 valence electrons. The zero-order valence-electron chi connectivity index (χ0n) is 18.2. The predicted molar refractivity (Wildman–Crippen MR) is 114 cm³/mol. The van der Waals surface area contributed by atoms with E-state index in [4.69, 9.17) is 14.2 Å². The molecule has 1 aliphatic carbocycles. The molecule has 1 aromatic heterocycles. The van der Waals surface area contributed by atoms with Crippen LogP contribution in [0.2, 0.25) is 0 Å². The molecule has 3 atom stereocenters. The number of nitrogens with zero attached hydrogens (tertiary/aromatic N) is 1. The highest BCUT2D eigenvalue weighted by molar-refractivity contribution is 5.88. The fourth-order valence-electron chi connectivity index (χ4n) is 5.95. The highest BCUT2D eigenvalue weighted by atomic mass is 16.5. The highest BCUT2D eigenvalue weighted by Crippen LogP contribution is 2.61. The molecule has 1 saturated carbocycles. The highest BCUT2D eigenvalue weighted by Gasteiger charge is 2.49. The lowest BCUT2D eigenvalue weighted by atomic mass is 9.75. The van der Waals surface area contributed by atoms with Gasteiger partial charge in [0.15, 0.2) is 16.9 Å². The largest absolute Gasteiger partial charge is 0.493 e. The Hall–Kier alpha value is -2.80. The van der Waals surface area contributed by atoms with Crippen molar-refractivity contribution in [1.82, 2.24) is 4.57 Å². The van der Waals surface area contributed by atoms with Crippen molar-refractivity contribution in [2.75, 3.05) is 20.8 Å². The standard InChI is InChI=1S/C24H27NO6/c1-24(2)6-5-13-20-14(8-19(30-4)21-15(20)7-12(31-21)11-29-3)17-9-18(26)16(23(27)28)10-25(17)22(13)24/h8-10,12-13,22H,5-7,11H2,1-4H3,(H,27,28). The molecule has 1 fully saturated rings. The molecule has 0 radical (unpaired) electrons. The van der Waals surface area contributed by atoms with Crippen molar-refractivity contribution < 1.29 is 24.1 Å². The summed E-state index contributed by atoms with van der Waals surface area (Å²) in [6, 6.07) is 3.48. The average molecular weight is 425 g/mol. The van der Waals surface area contributed by atoms with Gasteiger partial charge < -0.3 is 23.9 Å². The molecule has 7 heteroatoms. The molecule has 31 heavy (non-hydrogen) atoms.